The van der Waals surface area contributed by atoms with E-state index in [1.807, 2.05) is 0 Å². The van der Waals surface area contributed by atoms with E-state index in [4.69, 9.17) is 0 Å². The Hall–Kier alpha value is -1.95. The number of aromatic nitrogens is 1. The number of likely N-dealkylation sites (N-methyl/N-ethyl adjacent to an activating group) is 1. The van der Waals surface area contributed by atoms with Crippen LogP contribution in [0.5, 0.6) is 0 Å². The lowest BCUT2D eigenvalue weighted by atomic mass is 9.99. The number of pyridine rings is 1. The first-order chi connectivity index (χ1) is 9.91. The van der Waals surface area contributed by atoms with Gasteiger partial charge >= 0.3 is 6.18 Å². The molecule has 0 radical (unpaired) electrons. The summed E-state index contributed by atoms with van der Waals surface area (Å²) in [6.45, 7) is 0. The van der Waals surface area contributed by atoms with Crippen LogP contribution >= 0.6 is 0 Å². The van der Waals surface area contributed by atoms with Crippen molar-refractivity contribution in [2.45, 2.75) is 18.6 Å². The van der Waals surface area contributed by atoms with Crippen LogP contribution in [0.4, 0.5) is 17.6 Å². The minimum absolute atomic E-state index is 0.372. The predicted molar refractivity (Wildman–Crippen MR) is 71.1 cm³/mol. The molecule has 6 heteroatoms. The molecule has 2 aromatic rings. The van der Waals surface area contributed by atoms with Crippen LogP contribution in [-0.4, -0.2) is 12.0 Å². The predicted octanol–water partition coefficient (Wildman–Crippen LogP) is 3.74. The van der Waals surface area contributed by atoms with Gasteiger partial charge in [0.1, 0.15) is 5.82 Å². The van der Waals surface area contributed by atoms with Gasteiger partial charge in [-0.25, -0.2) is 4.39 Å². The number of nitrogens with zero attached hydrogens (tertiary/aromatic N) is 1. The zero-order valence-corrected chi connectivity index (χ0v) is 11.3. The maximum atomic E-state index is 13.3. The van der Waals surface area contributed by atoms with Gasteiger partial charge in [0.05, 0.1) is 5.56 Å². The van der Waals surface area contributed by atoms with Crippen LogP contribution in [0.15, 0.2) is 42.6 Å². The molecule has 1 unspecified atom stereocenters. The van der Waals surface area contributed by atoms with E-state index in [-0.39, 0.29) is 6.04 Å². The first kappa shape index (κ1) is 15.4. The van der Waals surface area contributed by atoms with Crippen molar-refractivity contribution in [3.63, 3.8) is 0 Å². The standard InChI is InChI=1S/C15H14F4N2/c1-20-14(9-11-4-2-3-7-21-11)10-5-6-13(16)12(8-10)15(17,18)19/h2-8,14,20H,9H2,1H3. The fourth-order valence-electron chi connectivity index (χ4n) is 2.09. The Morgan fingerprint density at radius 3 is 2.52 bits per heavy atom. The molecule has 0 aliphatic heterocycles. The molecule has 0 saturated heterocycles. The van der Waals surface area contributed by atoms with Crippen molar-refractivity contribution in [3.8, 4) is 0 Å². The van der Waals surface area contributed by atoms with Gasteiger partial charge in [0.2, 0.25) is 0 Å². The maximum Gasteiger partial charge on any atom is 0.419 e. The summed E-state index contributed by atoms with van der Waals surface area (Å²) in [5.41, 5.74) is -0.132. The van der Waals surface area contributed by atoms with Gasteiger partial charge in [0.25, 0.3) is 0 Å². The lowest BCUT2D eigenvalue weighted by Crippen LogP contribution is -2.20. The normalized spacial score (nSPS) is 13.2. The Bertz CT molecular complexity index is 596. The lowest BCUT2D eigenvalue weighted by molar-refractivity contribution is -0.140. The highest BCUT2D eigenvalue weighted by molar-refractivity contribution is 5.30. The Labute approximate surface area is 119 Å². The van der Waals surface area contributed by atoms with E-state index in [2.05, 4.69) is 10.3 Å². The van der Waals surface area contributed by atoms with E-state index < -0.39 is 17.6 Å². The van der Waals surface area contributed by atoms with Crippen LogP contribution in [0, 0.1) is 5.82 Å². The van der Waals surface area contributed by atoms with Gasteiger partial charge < -0.3 is 5.32 Å². The first-order valence-electron chi connectivity index (χ1n) is 6.35. The van der Waals surface area contributed by atoms with E-state index in [0.717, 1.165) is 17.8 Å². The summed E-state index contributed by atoms with van der Waals surface area (Å²) < 4.78 is 51.6. The van der Waals surface area contributed by atoms with Crippen LogP contribution in [0.1, 0.15) is 22.9 Å². The fourth-order valence-corrected chi connectivity index (χ4v) is 2.09. The minimum atomic E-state index is -4.70. The quantitative estimate of drug-likeness (QED) is 0.870. The Morgan fingerprint density at radius 2 is 1.95 bits per heavy atom. The number of nitrogens with one attached hydrogen (secondary N) is 1. The summed E-state index contributed by atoms with van der Waals surface area (Å²) in [6.07, 6.45) is -2.67. The molecule has 1 aromatic carbocycles. The molecule has 2 nitrogen and oxygen atoms in total. The number of hydrogen-bond donors (Lipinski definition) is 1. The molecule has 0 spiro atoms. The van der Waals surface area contributed by atoms with Crippen LogP contribution < -0.4 is 5.32 Å². The van der Waals surface area contributed by atoms with E-state index in [1.165, 1.54) is 6.07 Å². The van der Waals surface area contributed by atoms with Crippen molar-refractivity contribution in [2.75, 3.05) is 7.05 Å². The van der Waals surface area contributed by atoms with E-state index in [0.29, 0.717) is 12.0 Å². The van der Waals surface area contributed by atoms with E-state index in [9.17, 15) is 17.6 Å². The highest BCUT2D eigenvalue weighted by atomic mass is 19.4. The molecule has 1 heterocycles. The van der Waals surface area contributed by atoms with Crippen molar-refractivity contribution in [2.24, 2.45) is 0 Å². The zero-order valence-electron chi connectivity index (χ0n) is 11.3. The Morgan fingerprint density at radius 1 is 1.19 bits per heavy atom. The Kier molecular flexibility index (Phi) is 4.57. The second kappa shape index (κ2) is 6.22. The number of benzene rings is 1. The number of alkyl halides is 3. The summed E-state index contributed by atoms with van der Waals surface area (Å²) in [4.78, 5) is 4.14. The molecule has 2 rings (SSSR count). The lowest BCUT2D eigenvalue weighted by Gasteiger charge is -2.18. The smallest absolute Gasteiger partial charge is 0.313 e. The maximum absolute atomic E-state index is 13.3. The summed E-state index contributed by atoms with van der Waals surface area (Å²) in [5, 5.41) is 2.94. The second-order valence-corrected chi connectivity index (χ2v) is 4.60. The third-order valence-electron chi connectivity index (χ3n) is 3.19. The van der Waals surface area contributed by atoms with Gasteiger partial charge in [-0.2, -0.15) is 13.2 Å². The number of rotatable bonds is 4. The van der Waals surface area contributed by atoms with Gasteiger partial charge in [-0.1, -0.05) is 12.1 Å². The number of hydrogen-bond acceptors (Lipinski definition) is 2. The number of halogens is 4. The van der Waals surface area contributed by atoms with Crippen molar-refractivity contribution in [1.29, 1.82) is 0 Å². The van der Waals surface area contributed by atoms with Crippen LogP contribution in [0.25, 0.3) is 0 Å². The minimum Gasteiger partial charge on any atom is -0.313 e. The third kappa shape index (κ3) is 3.78. The summed E-state index contributed by atoms with van der Waals surface area (Å²) in [6, 6.07) is 8.04. The van der Waals surface area contributed by atoms with Gasteiger partial charge in [-0.15, -0.1) is 0 Å². The molecule has 0 aliphatic rings. The molecule has 112 valence electrons. The van der Waals surface area contributed by atoms with Gasteiger partial charge in [-0.3, -0.25) is 4.98 Å². The van der Waals surface area contributed by atoms with Crippen LogP contribution in [0.3, 0.4) is 0 Å². The monoisotopic (exact) mass is 298 g/mol. The van der Waals surface area contributed by atoms with Crippen LogP contribution in [-0.2, 0) is 12.6 Å². The van der Waals surface area contributed by atoms with Crippen molar-refractivity contribution in [3.05, 3.63) is 65.2 Å². The summed E-state index contributed by atoms with van der Waals surface area (Å²) >= 11 is 0. The topological polar surface area (TPSA) is 24.9 Å². The van der Waals surface area contributed by atoms with E-state index >= 15 is 0 Å². The first-order valence-corrected chi connectivity index (χ1v) is 6.35. The molecule has 0 saturated carbocycles. The van der Waals surface area contributed by atoms with Crippen LogP contribution in [0.2, 0.25) is 0 Å². The van der Waals surface area contributed by atoms with Crippen molar-refractivity contribution in [1.82, 2.24) is 10.3 Å². The van der Waals surface area contributed by atoms with Gasteiger partial charge in [-0.05, 0) is 36.9 Å². The molecular formula is C15H14F4N2. The zero-order chi connectivity index (χ0) is 15.5. The SMILES string of the molecule is CNC(Cc1ccccn1)c1ccc(F)c(C(F)(F)F)c1. The van der Waals surface area contributed by atoms with Gasteiger partial charge in [0.15, 0.2) is 0 Å². The Balaban J connectivity index is 2.30. The molecule has 1 atom stereocenters. The molecule has 21 heavy (non-hydrogen) atoms. The molecule has 0 fully saturated rings. The van der Waals surface area contributed by atoms with Crippen molar-refractivity contribution >= 4 is 0 Å². The largest absolute Gasteiger partial charge is 0.419 e. The average Bonchev–Trinajstić information content (AvgIpc) is 2.45. The van der Waals surface area contributed by atoms with E-state index in [1.54, 1.807) is 31.4 Å². The fraction of sp³-hybridized carbons (Fsp3) is 0.267. The molecule has 0 amide bonds. The molecule has 1 aromatic heterocycles. The highest BCUT2D eigenvalue weighted by Gasteiger charge is 2.34. The second-order valence-electron chi connectivity index (χ2n) is 4.60. The van der Waals surface area contributed by atoms with Gasteiger partial charge in [0, 0.05) is 24.4 Å². The highest BCUT2D eigenvalue weighted by Crippen LogP contribution is 2.33. The van der Waals surface area contributed by atoms with Crippen molar-refractivity contribution < 1.29 is 17.6 Å². The molecule has 0 aliphatic carbocycles. The summed E-state index contributed by atoms with van der Waals surface area (Å²) in [5.74, 6) is -1.26. The molecular weight excluding hydrogens is 284 g/mol. The summed E-state index contributed by atoms with van der Waals surface area (Å²) in [7, 11) is 1.64. The molecule has 0 bridgehead atoms. The average molecular weight is 298 g/mol. The third-order valence-corrected chi connectivity index (χ3v) is 3.19. The molecule has 1 N–H and O–H groups in total.